The lowest BCUT2D eigenvalue weighted by Gasteiger charge is -2.11. The Hall–Kier alpha value is -2.48. The van der Waals surface area contributed by atoms with Gasteiger partial charge in [-0.15, -0.1) is 0 Å². The Bertz CT molecular complexity index is 978. The average Bonchev–Trinajstić information content (AvgIpc) is 2.64. The second-order valence-electron chi connectivity index (χ2n) is 6.01. The minimum Gasteiger partial charge on any atom is -0.370 e. The lowest BCUT2D eigenvalue weighted by molar-refractivity contribution is 0.645. The van der Waals surface area contributed by atoms with Gasteiger partial charge in [-0.1, -0.05) is 35.9 Å². The Kier molecular flexibility index (Phi) is 6.05. The van der Waals surface area contributed by atoms with E-state index in [9.17, 15) is 4.55 Å². The lowest BCUT2D eigenvalue weighted by atomic mass is 10.1. The van der Waals surface area contributed by atoms with E-state index >= 15 is 0 Å². The molecule has 0 aliphatic rings. The molecule has 0 spiro atoms. The first-order chi connectivity index (χ1) is 12.9. The number of aromatic nitrogens is 2. The van der Waals surface area contributed by atoms with Crippen LogP contribution < -0.4 is 11.1 Å². The Morgan fingerprint density at radius 2 is 1.93 bits per heavy atom. The van der Waals surface area contributed by atoms with Crippen molar-refractivity contribution in [2.24, 2.45) is 0 Å². The number of nitrogens with zero attached hydrogens (tertiary/aromatic N) is 2. The topological polar surface area (TPSA) is 108 Å². The summed E-state index contributed by atoms with van der Waals surface area (Å²) in [5, 5.41) is 3.95. The van der Waals surface area contributed by atoms with Crippen LogP contribution in [-0.4, -0.2) is 21.1 Å². The maximum Gasteiger partial charge on any atom is 0.222 e. The van der Waals surface area contributed by atoms with Crippen molar-refractivity contribution in [3.05, 3.63) is 64.7 Å². The third kappa shape index (κ3) is 4.82. The minimum atomic E-state index is -1.46. The molecule has 0 bridgehead atoms. The van der Waals surface area contributed by atoms with E-state index in [-0.39, 0.29) is 5.95 Å². The highest BCUT2D eigenvalue weighted by molar-refractivity contribution is 7.80. The Balaban J connectivity index is 1.71. The SMILES string of the molecule is Cc1c(Cl)cccc1-c1cc(NCCc2ccc(S(=N)O)cc2)nc(N)n1. The molecule has 0 saturated heterocycles. The molecule has 1 atom stereocenters. The van der Waals surface area contributed by atoms with Crippen molar-refractivity contribution in [3.8, 4) is 11.3 Å². The average molecular weight is 402 g/mol. The fourth-order valence-electron chi connectivity index (χ4n) is 2.70. The van der Waals surface area contributed by atoms with Crippen molar-refractivity contribution in [2.75, 3.05) is 17.6 Å². The van der Waals surface area contributed by atoms with Crippen LogP contribution in [0.1, 0.15) is 11.1 Å². The fourth-order valence-corrected chi connectivity index (χ4v) is 3.27. The highest BCUT2D eigenvalue weighted by atomic mass is 35.5. The molecule has 2 aromatic carbocycles. The predicted octanol–water partition coefficient (Wildman–Crippen LogP) is 4.55. The molecule has 1 unspecified atom stereocenters. The Morgan fingerprint density at radius 1 is 1.19 bits per heavy atom. The Morgan fingerprint density at radius 3 is 2.63 bits per heavy atom. The third-order valence-corrected chi connectivity index (χ3v) is 5.28. The molecule has 0 aliphatic carbocycles. The molecule has 5 N–H and O–H groups in total. The maximum atomic E-state index is 9.27. The van der Waals surface area contributed by atoms with Gasteiger partial charge < -0.3 is 15.6 Å². The molecule has 0 aliphatic heterocycles. The number of nitrogens with two attached hydrogens (primary N) is 1. The van der Waals surface area contributed by atoms with E-state index in [0.29, 0.717) is 22.3 Å². The molecular weight excluding hydrogens is 382 g/mol. The van der Waals surface area contributed by atoms with E-state index in [0.717, 1.165) is 28.8 Å². The van der Waals surface area contributed by atoms with Crippen LogP contribution in [0.2, 0.25) is 5.02 Å². The number of rotatable bonds is 6. The van der Waals surface area contributed by atoms with Crippen LogP contribution in [0.15, 0.2) is 53.4 Å². The summed E-state index contributed by atoms with van der Waals surface area (Å²) < 4.78 is 16.6. The van der Waals surface area contributed by atoms with E-state index in [1.165, 1.54) is 0 Å². The summed E-state index contributed by atoms with van der Waals surface area (Å²) in [5.74, 6) is 0.848. The van der Waals surface area contributed by atoms with Gasteiger partial charge in [0.05, 0.1) is 16.7 Å². The van der Waals surface area contributed by atoms with Gasteiger partial charge in [0.1, 0.15) is 5.82 Å². The molecule has 0 amide bonds. The van der Waals surface area contributed by atoms with Gasteiger partial charge in [0, 0.05) is 28.1 Å². The van der Waals surface area contributed by atoms with E-state index in [1.807, 2.05) is 43.3 Å². The number of halogens is 1. The van der Waals surface area contributed by atoms with Gasteiger partial charge >= 0.3 is 0 Å². The zero-order chi connectivity index (χ0) is 19.4. The van der Waals surface area contributed by atoms with Gasteiger partial charge in [-0.3, -0.25) is 4.78 Å². The van der Waals surface area contributed by atoms with Gasteiger partial charge in [0.25, 0.3) is 0 Å². The summed E-state index contributed by atoms with van der Waals surface area (Å²) in [7, 11) is -1.46. The molecule has 140 valence electrons. The van der Waals surface area contributed by atoms with Gasteiger partial charge in [0.15, 0.2) is 0 Å². The Labute approximate surface area is 165 Å². The molecular formula is C19H20ClN5OS. The van der Waals surface area contributed by atoms with Crippen LogP contribution in [0.4, 0.5) is 11.8 Å². The van der Waals surface area contributed by atoms with Crippen LogP contribution >= 0.6 is 11.6 Å². The van der Waals surface area contributed by atoms with Crippen LogP contribution in [0, 0.1) is 11.7 Å². The molecule has 0 fully saturated rings. The van der Waals surface area contributed by atoms with E-state index in [4.69, 9.17) is 22.1 Å². The monoisotopic (exact) mass is 401 g/mol. The van der Waals surface area contributed by atoms with Crippen molar-refractivity contribution in [1.29, 1.82) is 4.78 Å². The summed E-state index contributed by atoms with van der Waals surface area (Å²) in [6, 6.07) is 14.9. The second kappa shape index (κ2) is 8.47. The molecule has 6 nitrogen and oxygen atoms in total. The number of anilines is 2. The highest BCUT2D eigenvalue weighted by Gasteiger charge is 2.09. The van der Waals surface area contributed by atoms with Crippen LogP contribution in [0.3, 0.4) is 0 Å². The summed E-state index contributed by atoms with van der Waals surface area (Å²) >= 11 is 6.21. The quantitative estimate of drug-likeness (QED) is 0.484. The molecule has 8 heteroatoms. The zero-order valence-electron chi connectivity index (χ0n) is 14.7. The van der Waals surface area contributed by atoms with Crippen molar-refractivity contribution >= 4 is 34.3 Å². The standard InChI is InChI=1S/C19H20ClN5OS/c1-12-15(3-2-4-16(12)20)17-11-18(25-19(21)24-17)23-10-9-13-5-7-14(8-6-13)27(22)26/h2-8,11H,9-10H2,1H3,(H2,22,26)(H3,21,23,24,25). The maximum absolute atomic E-state index is 9.27. The molecule has 1 heterocycles. The second-order valence-corrected chi connectivity index (χ2v) is 7.46. The summed E-state index contributed by atoms with van der Waals surface area (Å²) in [6.07, 6.45) is 0.771. The van der Waals surface area contributed by atoms with Gasteiger partial charge in [-0.2, -0.15) is 4.98 Å². The summed E-state index contributed by atoms with van der Waals surface area (Å²) in [5.41, 5.74) is 9.57. The lowest BCUT2D eigenvalue weighted by Crippen LogP contribution is -2.08. The summed E-state index contributed by atoms with van der Waals surface area (Å²) in [6.45, 7) is 2.61. The van der Waals surface area contributed by atoms with Crippen LogP contribution in [0.25, 0.3) is 11.3 Å². The summed E-state index contributed by atoms with van der Waals surface area (Å²) in [4.78, 5) is 9.18. The molecule has 0 radical (unpaired) electrons. The third-order valence-electron chi connectivity index (χ3n) is 4.15. The van der Waals surface area contributed by atoms with Gasteiger partial charge in [0.2, 0.25) is 5.95 Å². The normalized spacial score (nSPS) is 12.0. The molecule has 3 rings (SSSR count). The van der Waals surface area contributed by atoms with Gasteiger partial charge in [-0.25, -0.2) is 4.98 Å². The molecule has 3 aromatic rings. The predicted molar refractivity (Wildman–Crippen MR) is 111 cm³/mol. The minimum absolute atomic E-state index is 0.198. The number of nitrogen functional groups attached to an aromatic ring is 1. The highest BCUT2D eigenvalue weighted by Crippen LogP contribution is 2.28. The van der Waals surface area contributed by atoms with Crippen molar-refractivity contribution in [3.63, 3.8) is 0 Å². The largest absolute Gasteiger partial charge is 0.370 e. The van der Waals surface area contributed by atoms with Crippen molar-refractivity contribution in [1.82, 2.24) is 9.97 Å². The smallest absolute Gasteiger partial charge is 0.222 e. The van der Waals surface area contributed by atoms with Gasteiger partial charge in [-0.05, 0) is 42.7 Å². The first kappa shape index (κ1) is 19.3. The zero-order valence-corrected chi connectivity index (χ0v) is 16.3. The van der Waals surface area contributed by atoms with E-state index < -0.39 is 11.0 Å². The van der Waals surface area contributed by atoms with E-state index in [1.54, 1.807) is 12.1 Å². The number of benzene rings is 2. The van der Waals surface area contributed by atoms with E-state index in [2.05, 4.69) is 15.3 Å². The molecule has 1 aromatic heterocycles. The molecule has 27 heavy (non-hydrogen) atoms. The molecule has 0 saturated carbocycles. The van der Waals surface area contributed by atoms with Crippen molar-refractivity contribution < 1.29 is 4.55 Å². The number of hydrogen-bond donors (Lipinski definition) is 4. The van der Waals surface area contributed by atoms with Crippen LogP contribution in [0.5, 0.6) is 0 Å². The van der Waals surface area contributed by atoms with Crippen LogP contribution in [-0.2, 0) is 17.4 Å². The fraction of sp³-hybridized carbons (Fsp3) is 0.158. The first-order valence-corrected chi connectivity index (χ1v) is 9.87. The number of hydrogen-bond acceptors (Lipinski definition) is 5. The number of nitrogens with one attached hydrogen (secondary N) is 2. The first-order valence-electron chi connectivity index (χ1n) is 8.31. The van der Waals surface area contributed by atoms with Crippen molar-refractivity contribution in [2.45, 2.75) is 18.2 Å².